The second-order valence-corrected chi connectivity index (χ2v) is 8.58. The van der Waals surface area contributed by atoms with Crippen LogP contribution in [0.4, 0.5) is 9.59 Å². The van der Waals surface area contributed by atoms with E-state index in [1.807, 2.05) is 0 Å². The maximum atomic E-state index is 11.7. The first-order chi connectivity index (χ1) is 14.7. The van der Waals surface area contributed by atoms with Crippen molar-refractivity contribution in [2.75, 3.05) is 65.4 Å². The molecule has 2 aliphatic heterocycles. The summed E-state index contributed by atoms with van der Waals surface area (Å²) in [5, 5.41) is 11.7. The van der Waals surface area contributed by atoms with E-state index >= 15 is 0 Å². The molecule has 8 nitrogen and oxygen atoms in total. The number of carbonyl (C=O) groups is 2. The van der Waals surface area contributed by atoms with Crippen LogP contribution in [0.3, 0.4) is 0 Å². The van der Waals surface area contributed by atoms with Gasteiger partial charge in [0.05, 0.1) is 0 Å². The fraction of sp³-hybridized carbons (Fsp3) is 0.909. The van der Waals surface area contributed by atoms with Gasteiger partial charge < -0.3 is 31.1 Å². The zero-order valence-corrected chi connectivity index (χ0v) is 18.9. The van der Waals surface area contributed by atoms with Crippen LogP contribution in [0.1, 0.15) is 64.2 Å². The van der Waals surface area contributed by atoms with Gasteiger partial charge in [-0.3, -0.25) is 0 Å². The van der Waals surface area contributed by atoms with Gasteiger partial charge in [-0.1, -0.05) is 12.8 Å². The summed E-state index contributed by atoms with van der Waals surface area (Å²) in [5.41, 5.74) is 0. The van der Waals surface area contributed by atoms with E-state index in [9.17, 15) is 9.59 Å². The lowest BCUT2D eigenvalue weighted by molar-refractivity contribution is 0.238. The Morgan fingerprint density at radius 3 is 1.20 bits per heavy atom. The van der Waals surface area contributed by atoms with Gasteiger partial charge in [0.25, 0.3) is 0 Å². The van der Waals surface area contributed by atoms with Crippen LogP contribution in [-0.2, 0) is 0 Å². The minimum absolute atomic E-state index is 0.0560. The molecule has 4 N–H and O–H groups in total. The monoisotopic (exact) mass is 424 g/mol. The molecular formula is C22H44N6O2. The summed E-state index contributed by atoms with van der Waals surface area (Å²) >= 11 is 0. The molecule has 2 heterocycles. The minimum Gasteiger partial charge on any atom is -0.338 e. The van der Waals surface area contributed by atoms with E-state index in [4.69, 9.17) is 0 Å². The van der Waals surface area contributed by atoms with E-state index in [1.54, 1.807) is 0 Å². The molecule has 2 rings (SSSR count). The van der Waals surface area contributed by atoms with E-state index in [0.29, 0.717) is 13.1 Å². The summed E-state index contributed by atoms with van der Waals surface area (Å²) in [4.78, 5) is 28.4. The van der Waals surface area contributed by atoms with Gasteiger partial charge in [0, 0.05) is 26.2 Å². The summed E-state index contributed by atoms with van der Waals surface area (Å²) in [7, 11) is 0. The Labute approximate surface area is 182 Å². The molecule has 0 spiro atoms. The van der Waals surface area contributed by atoms with Crippen LogP contribution in [0, 0.1) is 0 Å². The molecule has 2 aliphatic rings. The van der Waals surface area contributed by atoms with Crippen molar-refractivity contribution < 1.29 is 9.59 Å². The average Bonchev–Trinajstić information content (AvgIpc) is 3.45. The second kappa shape index (κ2) is 16.2. The van der Waals surface area contributed by atoms with Crippen LogP contribution in [0.25, 0.3) is 0 Å². The molecule has 0 bridgehead atoms. The Bertz CT molecular complexity index is 423. The Balaban J connectivity index is 1.27. The Morgan fingerprint density at radius 1 is 0.500 bits per heavy atom. The number of nitrogens with zero attached hydrogens (tertiary/aromatic N) is 2. The number of urea groups is 2. The first kappa shape index (κ1) is 24.7. The molecular weight excluding hydrogens is 380 g/mol. The number of rotatable bonds is 15. The summed E-state index contributed by atoms with van der Waals surface area (Å²) in [5.74, 6) is 0. The third-order valence-electron chi connectivity index (χ3n) is 5.95. The molecule has 0 aromatic rings. The molecule has 0 atom stereocenters. The zero-order valence-electron chi connectivity index (χ0n) is 18.9. The van der Waals surface area contributed by atoms with Crippen LogP contribution in [0.5, 0.6) is 0 Å². The molecule has 30 heavy (non-hydrogen) atoms. The lowest BCUT2D eigenvalue weighted by atomic mass is 10.2. The van der Waals surface area contributed by atoms with E-state index in [-0.39, 0.29) is 12.1 Å². The fourth-order valence-electron chi connectivity index (χ4n) is 4.15. The lowest BCUT2D eigenvalue weighted by Gasteiger charge is -2.14. The first-order valence-electron chi connectivity index (χ1n) is 12.2. The highest BCUT2D eigenvalue weighted by atomic mass is 16.2. The van der Waals surface area contributed by atoms with Crippen molar-refractivity contribution in [2.24, 2.45) is 0 Å². The third kappa shape index (κ3) is 12.2. The Kier molecular flexibility index (Phi) is 13.3. The van der Waals surface area contributed by atoms with Crippen molar-refractivity contribution in [3.05, 3.63) is 0 Å². The highest BCUT2D eigenvalue weighted by molar-refractivity contribution is 5.74. The highest BCUT2D eigenvalue weighted by Gasteiger charge is 2.11. The van der Waals surface area contributed by atoms with E-state index in [0.717, 1.165) is 64.7 Å². The van der Waals surface area contributed by atoms with Crippen LogP contribution in [-0.4, -0.2) is 87.3 Å². The maximum Gasteiger partial charge on any atom is 0.314 e. The van der Waals surface area contributed by atoms with Crippen molar-refractivity contribution in [1.29, 1.82) is 0 Å². The summed E-state index contributed by atoms with van der Waals surface area (Å²) < 4.78 is 0. The summed E-state index contributed by atoms with van der Waals surface area (Å²) in [6, 6.07) is -0.112. The van der Waals surface area contributed by atoms with Crippen LogP contribution in [0.2, 0.25) is 0 Å². The van der Waals surface area contributed by atoms with Gasteiger partial charge in [0.1, 0.15) is 0 Å². The molecule has 0 saturated carbocycles. The number of amides is 4. The van der Waals surface area contributed by atoms with Gasteiger partial charge in [-0.2, -0.15) is 0 Å². The number of hydrogen-bond acceptors (Lipinski definition) is 4. The zero-order chi connectivity index (χ0) is 21.3. The van der Waals surface area contributed by atoms with Crippen molar-refractivity contribution in [2.45, 2.75) is 64.2 Å². The van der Waals surface area contributed by atoms with Crippen LogP contribution < -0.4 is 21.3 Å². The number of unbranched alkanes of at least 4 members (excludes halogenated alkanes) is 3. The molecule has 0 radical (unpaired) electrons. The SMILES string of the molecule is O=C(NCCCCCCNC(=O)NCCCN1CCCC1)NCCCN1CCCC1. The standard InChI is InChI=1S/C22H44N6O2/c29-21(25-13-9-19-27-15-5-6-16-27)23-11-3-1-2-4-12-24-22(30)26-14-10-20-28-17-7-8-18-28/h1-20H2,(H2,23,25,29)(H2,24,26,30). The van der Waals surface area contributed by atoms with E-state index in [2.05, 4.69) is 31.1 Å². The largest absolute Gasteiger partial charge is 0.338 e. The average molecular weight is 425 g/mol. The molecule has 0 aromatic carbocycles. The fourth-order valence-corrected chi connectivity index (χ4v) is 4.15. The number of hydrogen-bond donors (Lipinski definition) is 4. The van der Waals surface area contributed by atoms with Gasteiger partial charge >= 0.3 is 12.1 Å². The molecule has 8 heteroatoms. The summed E-state index contributed by atoms with van der Waals surface area (Å²) in [6.45, 7) is 9.94. The summed E-state index contributed by atoms with van der Waals surface area (Å²) in [6.07, 6.45) is 11.4. The quantitative estimate of drug-likeness (QED) is 0.303. The maximum absolute atomic E-state index is 11.7. The van der Waals surface area contributed by atoms with Crippen molar-refractivity contribution in [3.63, 3.8) is 0 Å². The van der Waals surface area contributed by atoms with Gasteiger partial charge in [-0.15, -0.1) is 0 Å². The normalized spacial score (nSPS) is 17.2. The van der Waals surface area contributed by atoms with Crippen molar-refractivity contribution >= 4 is 12.1 Å². The van der Waals surface area contributed by atoms with Crippen molar-refractivity contribution in [1.82, 2.24) is 31.1 Å². The predicted octanol–water partition coefficient (Wildman–Crippen LogP) is 2.12. The lowest BCUT2D eigenvalue weighted by Crippen LogP contribution is -2.37. The van der Waals surface area contributed by atoms with Gasteiger partial charge in [-0.25, -0.2) is 9.59 Å². The predicted molar refractivity (Wildman–Crippen MR) is 122 cm³/mol. The highest BCUT2D eigenvalue weighted by Crippen LogP contribution is 2.07. The number of nitrogens with one attached hydrogen (secondary N) is 4. The Hall–Kier alpha value is -1.54. The van der Waals surface area contributed by atoms with Gasteiger partial charge in [0.2, 0.25) is 0 Å². The third-order valence-corrected chi connectivity index (χ3v) is 5.95. The topological polar surface area (TPSA) is 88.7 Å². The van der Waals surface area contributed by atoms with Crippen molar-refractivity contribution in [3.8, 4) is 0 Å². The second-order valence-electron chi connectivity index (χ2n) is 8.58. The molecule has 4 amide bonds. The first-order valence-corrected chi connectivity index (χ1v) is 12.2. The van der Waals surface area contributed by atoms with Gasteiger partial charge in [-0.05, 0) is 90.6 Å². The van der Waals surface area contributed by atoms with Crippen LogP contribution >= 0.6 is 0 Å². The number of carbonyl (C=O) groups excluding carboxylic acids is 2. The molecule has 0 aromatic heterocycles. The Morgan fingerprint density at radius 2 is 0.833 bits per heavy atom. The smallest absolute Gasteiger partial charge is 0.314 e. The molecule has 2 saturated heterocycles. The molecule has 174 valence electrons. The molecule has 2 fully saturated rings. The minimum atomic E-state index is -0.0560. The van der Waals surface area contributed by atoms with E-state index in [1.165, 1.54) is 51.9 Å². The molecule has 0 aliphatic carbocycles. The molecule has 0 unspecified atom stereocenters. The van der Waals surface area contributed by atoms with Gasteiger partial charge in [0.15, 0.2) is 0 Å². The van der Waals surface area contributed by atoms with Crippen LogP contribution in [0.15, 0.2) is 0 Å². The number of likely N-dealkylation sites (tertiary alicyclic amines) is 2. The van der Waals surface area contributed by atoms with E-state index < -0.39 is 0 Å².